The predicted molar refractivity (Wildman–Crippen MR) is 76.2 cm³/mol. The Labute approximate surface area is 112 Å². The number of benzene rings is 1. The molecule has 0 bridgehead atoms. The van der Waals surface area contributed by atoms with Crippen LogP contribution in [0, 0.1) is 0 Å². The summed E-state index contributed by atoms with van der Waals surface area (Å²) in [6.07, 6.45) is 1.89. The van der Waals surface area contributed by atoms with Gasteiger partial charge in [0.25, 0.3) is 0 Å². The van der Waals surface area contributed by atoms with Crippen LogP contribution in [0.2, 0.25) is 0 Å². The highest BCUT2D eigenvalue weighted by molar-refractivity contribution is 9.10. The van der Waals surface area contributed by atoms with E-state index < -0.39 is 0 Å². The van der Waals surface area contributed by atoms with Gasteiger partial charge < -0.3 is 0 Å². The van der Waals surface area contributed by atoms with Gasteiger partial charge in [-0.15, -0.1) is 17.9 Å². The summed E-state index contributed by atoms with van der Waals surface area (Å²) >= 11 is 6.82. The molecular formula is C12H10BrNS2. The molecule has 0 fully saturated rings. The van der Waals surface area contributed by atoms with E-state index in [-0.39, 0.29) is 0 Å². The Bertz CT molecular complexity index is 476. The Kier molecular flexibility index (Phi) is 4.21. The Hall–Kier alpha value is -0.580. The van der Waals surface area contributed by atoms with Crippen molar-refractivity contribution in [1.29, 1.82) is 0 Å². The third kappa shape index (κ3) is 2.97. The molecule has 0 atom stereocenters. The van der Waals surface area contributed by atoms with E-state index in [0.29, 0.717) is 0 Å². The summed E-state index contributed by atoms with van der Waals surface area (Å²) in [5, 5.41) is 2.09. The Morgan fingerprint density at radius 2 is 2.12 bits per heavy atom. The number of hydrogen-bond donors (Lipinski definition) is 0. The van der Waals surface area contributed by atoms with Crippen molar-refractivity contribution in [3.63, 3.8) is 0 Å². The highest BCUT2D eigenvalue weighted by Gasteiger charge is 2.04. The second-order valence-electron chi connectivity index (χ2n) is 3.11. The fourth-order valence-corrected chi connectivity index (χ4v) is 3.07. The molecule has 0 aliphatic carbocycles. The molecule has 0 saturated heterocycles. The standard InChI is InChI=1S/C12H10BrNS2/c1-2-7-15-12-14-11(8-16-12)9-3-5-10(13)6-4-9/h2-6,8H,1,7H2. The van der Waals surface area contributed by atoms with Crippen molar-refractivity contribution in [3.8, 4) is 11.3 Å². The number of rotatable bonds is 4. The number of halogens is 1. The van der Waals surface area contributed by atoms with Crippen LogP contribution in [0.15, 0.2) is 51.1 Å². The van der Waals surface area contributed by atoms with Crippen LogP contribution in [0.4, 0.5) is 0 Å². The molecule has 16 heavy (non-hydrogen) atoms. The quantitative estimate of drug-likeness (QED) is 0.591. The first kappa shape index (κ1) is 11.9. The van der Waals surface area contributed by atoms with Gasteiger partial charge in [0.05, 0.1) is 5.69 Å². The summed E-state index contributed by atoms with van der Waals surface area (Å²) in [4.78, 5) is 4.57. The van der Waals surface area contributed by atoms with Crippen LogP contribution in [0.3, 0.4) is 0 Å². The molecule has 0 radical (unpaired) electrons. The van der Waals surface area contributed by atoms with Crippen molar-refractivity contribution in [2.75, 3.05) is 5.75 Å². The zero-order valence-corrected chi connectivity index (χ0v) is 11.7. The zero-order valence-electron chi connectivity index (χ0n) is 8.52. The molecule has 1 nitrogen and oxygen atoms in total. The molecule has 0 aliphatic heterocycles. The van der Waals surface area contributed by atoms with Crippen molar-refractivity contribution < 1.29 is 0 Å². The highest BCUT2D eigenvalue weighted by Crippen LogP contribution is 2.28. The predicted octanol–water partition coefficient (Wildman–Crippen LogP) is 4.85. The van der Waals surface area contributed by atoms with Gasteiger partial charge in [0.1, 0.15) is 0 Å². The molecule has 4 heteroatoms. The van der Waals surface area contributed by atoms with E-state index in [9.17, 15) is 0 Å². The SMILES string of the molecule is C=CCSc1nc(-c2ccc(Br)cc2)cs1. The Balaban J connectivity index is 2.17. The van der Waals surface area contributed by atoms with Gasteiger partial charge in [-0.05, 0) is 12.1 Å². The number of aromatic nitrogens is 1. The largest absolute Gasteiger partial charge is 0.230 e. The smallest absolute Gasteiger partial charge is 0.150 e. The van der Waals surface area contributed by atoms with Crippen molar-refractivity contribution in [2.45, 2.75) is 4.34 Å². The van der Waals surface area contributed by atoms with Crippen LogP contribution in [0.1, 0.15) is 0 Å². The molecule has 0 saturated carbocycles. The molecule has 0 aliphatic rings. The Morgan fingerprint density at radius 3 is 2.81 bits per heavy atom. The van der Waals surface area contributed by atoms with Crippen molar-refractivity contribution in [1.82, 2.24) is 4.98 Å². The van der Waals surface area contributed by atoms with E-state index >= 15 is 0 Å². The van der Waals surface area contributed by atoms with Crippen LogP contribution < -0.4 is 0 Å². The first-order chi connectivity index (χ1) is 7.79. The third-order valence-electron chi connectivity index (χ3n) is 1.95. The summed E-state index contributed by atoms with van der Waals surface area (Å²) in [5.41, 5.74) is 2.20. The lowest BCUT2D eigenvalue weighted by Crippen LogP contribution is -1.77. The molecule has 1 aromatic carbocycles. The molecule has 1 aromatic heterocycles. The maximum Gasteiger partial charge on any atom is 0.150 e. The summed E-state index contributed by atoms with van der Waals surface area (Å²) in [7, 11) is 0. The maximum atomic E-state index is 4.57. The highest BCUT2D eigenvalue weighted by atomic mass is 79.9. The van der Waals surface area contributed by atoms with Gasteiger partial charge in [-0.25, -0.2) is 4.98 Å². The molecular weight excluding hydrogens is 302 g/mol. The third-order valence-corrected chi connectivity index (χ3v) is 4.49. The van der Waals surface area contributed by atoms with Gasteiger partial charge in [-0.1, -0.05) is 45.9 Å². The van der Waals surface area contributed by atoms with E-state index in [2.05, 4.69) is 45.0 Å². The first-order valence-electron chi connectivity index (χ1n) is 4.75. The molecule has 82 valence electrons. The summed E-state index contributed by atoms with van der Waals surface area (Å²) < 4.78 is 2.19. The van der Waals surface area contributed by atoms with Crippen LogP contribution in [0.5, 0.6) is 0 Å². The van der Waals surface area contributed by atoms with Crippen LogP contribution in [-0.4, -0.2) is 10.7 Å². The number of hydrogen-bond acceptors (Lipinski definition) is 3. The van der Waals surface area contributed by atoms with Crippen LogP contribution in [0.25, 0.3) is 11.3 Å². The van der Waals surface area contributed by atoms with E-state index in [0.717, 1.165) is 25.8 Å². The lowest BCUT2D eigenvalue weighted by atomic mass is 10.2. The summed E-state index contributed by atoms with van der Waals surface area (Å²) in [6, 6.07) is 8.21. The normalized spacial score (nSPS) is 10.3. The first-order valence-corrected chi connectivity index (χ1v) is 7.40. The van der Waals surface area contributed by atoms with Gasteiger partial charge in [0.2, 0.25) is 0 Å². The molecule has 0 amide bonds. The molecule has 0 N–H and O–H groups in total. The van der Waals surface area contributed by atoms with Crippen molar-refractivity contribution >= 4 is 39.0 Å². The minimum absolute atomic E-state index is 0.910. The minimum atomic E-state index is 0.910. The maximum absolute atomic E-state index is 4.57. The minimum Gasteiger partial charge on any atom is -0.230 e. The summed E-state index contributed by atoms with van der Waals surface area (Å²) in [6.45, 7) is 3.70. The van der Waals surface area contributed by atoms with E-state index in [1.165, 1.54) is 0 Å². The van der Waals surface area contributed by atoms with Gasteiger partial charge in [-0.3, -0.25) is 0 Å². The Morgan fingerprint density at radius 1 is 1.38 bits per heavy atom. The number of nitrogens with zero attached hydrogens (tertiary/aromatic N) is 1. The average Bonchev–Trinajstić information content (AvgIpc) is 2.76. The fraction of sp³-hybridized carbons (Fsp3) is 0.0833. The monoisotopic (exact) mass is 311 g/mol. The molecule has 2 rings (SSSR count). The molecule has 1 heterocycles. The topological polar surface area (TPSA) is 12.9 Å². The lowest BCUT2D eigenvalue weighted by Gasteiger charge is -1.96. The lowest BCUT2D eigenvalue weighted by molar-refractivity contribution is 1.25. The van der Waals surface area contributed by atoms with E-state index in [4.69, 9.17) is 0 Å². The van der Waals surface area contributed by atoms with Crippen molar-refractivity contribution in [2.24, 2.45) is 0 Å². The van der Waals surface area contributed by atoms with Gasteiger partial charge in [0, 0.05) is 21.2 Å². The number of thiazole rings is 1. The average molecular weight is 312 g/mol. The van der Waals surface area contributed by atoms with E-state index in [1.807, 2.05) is 18.2 Å². The van der Waals surface area contributed by atoms with E-state index in [1.54, 1.807) is 23.1 Å². The summed E-state index contributed by atoms with van der Waals surface area (Å²) in [5.74, 6) is 0.910. The number of thioether (sulfide) groups is 1. The molecule has 0 unspecified atom stereocenters. The van der Waals surface area contributed by atoms with Gasteiger partial charge in [0.15, 0.2) is 4.34 Å². The zero-order chi connectivity index (χ0) is 11.4. The van der Waals surface area contributed by atoms with Crippen molar-refractivity contribution in [3.05, 3.63) is 46.8 Å². The second kappa shape index (κ2) is 5.66. The van der Waals surface area contributed by atoms with Crippen LogP contribution in [-0.2, 0) is 0 Å². The van der Waals surface area contributed by atoms with Crippen LogP contribution >= 0.6 is 39.0 Å². The fourth-order valence-electron chi connectivity index (χ4n) is 1.21. The molecule has 0 spiro atoms. The van der Waals surface area contributed by atoms with Gasteiger partial charge in [-0.2, -0.15) is 0 Å². The second-order valence-corrected chi connectivity index (χ2v) is 6.15. The van der Waals surface area contributed by atoms with Gasteiger partial charge >= 0.3 is 0 Å². The molecule has 2 aromatic rings.